The highest BCUT2D eigenvalue weighted by atomic mass is 19.1. The number of nitrogens with one attached hydrogen (secondary N) is 2. The topological polar surface area (TPSA) is 109 Å². The first kappa shape index (κ1) is 18.1. The van der Waals surface area contributed by atoms with E-state index < -0.39 is 29.8 Å². The zero-order valence-electron chi connectivity index (χ0n) is 15.0. The summed E-state index contributed by atoms with van der Waals surface area (Å²) >= 11 is 0. The monoisotopic (exact) mass is 386 g/mol. The summed E-state index contributed by atoms with van der Waals surface area (Å²) in [5.41, 5.74) is -0.476. The normalized spacial score (nSPS) is 18.4. The van der Waals surface area contributed by atoms with Crippen LogP contribution >= 0.6 is 0 Å². The first-order valence-corrected chi connectivity index (χ1v) is 9.07. The van der Waals surface area contributed by atoms with Crippen molar-refractivity contribution in [3.05, 3.63) is 36.7 Å². The van der Waals surface area contributed by atoms with Crippen LogP contribution in [0.15, 0.2) is 30.9 Å². The number of urea groups is 1. The minimum Gasteiger partial charge on any atom is -0.324 e. The molecule has 2 heterocycles. The molecule has 1 saturated carbocycles. The minimum absolute atomic E-state index is 0.184. The zero-order valence-corrected chi connectivity index (χ0v) is 15.0. The molecule has 4 rings (SSSR count). The number of nitrogens with zero attached hydrogens (tertiary/aromatic N) is 4. The summed E-state index contributed by atoms with van der Waals surface area (Å²) in [6.45, 7) is -0.418. The van der Waals surface area contributed by atoms with E-state index in [9.17, 15) is 18.8 Å². The van der Waals surface area contributed by atoms with Crippen LogP contribution in [0.5, 0.6) is 0 Å². The van der Waals surface area contributed by atoms with Crippen LogP contribution in [0.3, 0.4) is 0 Å². The third-order valence-electron chi connectivity index (χ3n) is 5.15. The molecule has 0 radical (unpaired) electrons. The second kappa shape index (κ2) is 7.02. The van der Waals surface area contributed by atoms with Crippen LogP contribution in [0.2, 0.25) is 0 Å². The lowest BCUT2D eigenvalue weighted by atomic mass is 9.82. The van der Waals surface area contributed by atoms with Crippen LogP contribution in [0.1, 0.15) is 32.1 Å². The summed E-state index contributed by atoms with van der Waals surface area (Å²) < 4.78 is 15.5. The average Bonchev–Trinajstić information content (AvgIpc) is 3.27. The Hall–Kier alpha value is -3.30. The molecule has 2 N–H and O–H groups in total. The maximum absolute atomic E-state index is 14.3. The number of imide groups is 1. The number of halogens is 1. The van der Waals surface area contributed by atoms with Crippen LogP contribution in [0.25, 0.3) is 5.69 Å². The summed E-state index contributed by atoms with van der Waals surface area (Å²) in [4.78, 5) is 41.9. The number of carbonyl (C=O) groups excluding carboxylic acids is 3. The number of hydrogen-bond acceptors (Lipinski definition) is 5. The van der Waals surface area contributed by atoms with Crippen molar-refractivity contribution in [1.82, 2.24) is 25.0 Å². The van der Waals surface area contributed by atoms with E-state index in [1.165, 1.54) is 29.5 Å². The van der Waals surface area contributed by atoms with Gasteiger partial charge in [0.1, 0.15) is 30.4 Å². The summed E-state index contributed by atoms with van der Waals surface area (Å²) in [5.74, 6) is -1.54. The first-order valence-electron chi connectivity index (χ1n) is 9.07. The lowest BCUT2D eigenvalue weighted by Gasteiger charge is -2.30. The van der Waals surface area contributed by atoms with Crippen molar-refractivity contribution in [2.45, 2.75) is 37.6 Å². The van der Waals surface area contributed by atoms with E-state index in [0.717, 1.165) is 30.2 Å². The molecule has 1 aromatic heterocycles. The van der Waals surface area contributed by atoms with Crippen LogP contribution < -0.4 is 10.6 Å². The molecule has 1 aliphatic heterocycles. The number of hydrogen-bond donors (Lipinski definition) is 2. The summed E-state index contributed by atoms with van der Waals surface area (Å²) in [6.07, 6.45) is 6.57. The Labute approximate surface area is 159 Å². The standard InChI is InChI=1S/C18H19FN6O3/c19-13-8-12(4-5-14(13)25-11-20-10-21-25)22-15(26)9-24-16(27)18(23-17(24)28)6-2-1-3-7-18/h4-5,8,10-11H,1-3,6-7,9H2,(H,22,26)(H,23,28). The lowest BCUT2D eigenvalue weighted by molar-refractivity contribution is -0.134. The van der Waals surface area contributed by atoms with Gasteiger partial charge >= 0.3 is 6.03 Å². The molecule has 0 bridgehead atoms. The third-order valence-corrected chi connectivity index (χ3v) is 5.15. The van der Waals surface area contributed by atoms with Gasteiger partial charge in [-0.05, 0) is 31.0 Å². The number of anilines is 1. The maximum atomic E-state index is 14.3. The SMILES string of the molecule is O=C(CN1C(=O)NC2(CCCCC2)C1=O)Nc1ccc(-n2cncn2)c(F)c1. The van der Waals surface area contributed by atoms with E-state index in [4.69, 9.17) is 0 Å². The quantitative estimate of drug-likeness (QED) is 0.776. The summed E-state index contributed by atoms with van der Waals surface area (Å²) in [7, 11) is 0. The Morgan fingerprint density at radius 2 is 2.04 bits per heavy atom. The van der Waals surface area contributed by atoms with Crippen LogP contribution in [0, 0.1) is 5.82 Å². The molecule has 9 nitrogen and oxygen atoms in total. The fourth-order valence-corrected chi connectivity index (χ4v) is 3.76. The van der Waals surface area contributed by atoms with Gasteiger partial charge in [-0.15, -0.1) is 0 Å². The summed E-state index contributed by atoms with van der Waals surface area (Å²) in [6, 6.07) is 3.54. The Morgan fingerprint density at radius 3 is 2.71 bits per heavy atom. The Balaban J connectivity index is 1.42. The fraction of sp³-hybridized carbons (Fsp3) is 0.389. The Bertz CT molecular complexity index is 923. The highest BCUT2D eigenvalue weighted by Crippen LogP contribution is 2.33. The van der Waals surface area contributed by atoms with Gasteiger partial charge in [0.2, 0.25) is 5.91 Å². The van der Waals surface area contributed by atoms with Gasteiger partial charge in [0, 0.05) is 5.69 Å². The van der Waals surface area contributed by atoms with Crippen molar-refractivity contribution in [2.75, 3.05) is 11.9 Å². The molecule has 2 aromatic rings. The number of amides is 4. The molecule has 1 aromatic carbocycles. The number of rotatable bonds is 4. The zero-order chi connectivity index (χ0) is 19.7. The molecule has 1 saturated heterocycles. The van der Waals surface area contributed by atoms with E-state index in [2.05, 4.69) is 20.7 Å². The number of benzene rings is 1. The number of carbonyl (C=O) groups is 3. The van der Waals surface area contributed by atoms with Gasteiger partial charge < -0.3 is 10.6 Å². The van der Waals surface area contributed by atoms with Gasteiger partial charge in [0.05, 0.1) is 0 Å². The molecule has 28 heavy (non-hydrogen) atoms. The van der Waals surface area contributed by atoms with E-state index in [1.807, 2.05) is 0 Å². The molecule has 146 valence electrons. The van der Waals surface area contributed by atoms with E-state index in [-0.39, 0.29) is 17.3 Å². The van der Waals surface area contributed by atoms with Gasteiger partial charge in [-0.3, -0.25) is 14.5 Å². The highest BCUT2D eigenvalue weighted by Gasteiger charge is 2.51. The molecule has 2 aliphatic rings. The largest absolute Gasteiger partial charge is 0.325 e. The van der Waals surface area contributed by atoms with Crippen molar-refractivity contribution in [2.24, 2.45) is 0 Å². The first-order chi connectivity index (χ1) is 13.5. The summed E-state index contributed by atoms with van der Waals surface area (Å²) in [5, 5.41) is 9.12. The molecule has 1 spiro atoms. The maximum Gasteiger partial charge on any atom is 0.325 e. The molecule has 0 atom stereocenters. The van der Waals surface area contributed by atoms with Crippen LogP contribution in [0.4, 0.5) is 14.9 Å². The molecule has 10 heteroatoms. The molecule has 4 amide bonds. The molecular weight excluding hydrogens is 367 g/mol. The second-order valence-corrected chi connectivity index (χ2v) is 7.02. The van der Waals surface area contributed by atoms with Crippen LogP contribution in [-0.2, 0) is 9.59 Å². The van der Waals surface area contributed by atoms with Gasteiger partial charge in [0.25, 0.3) is 5.91 Å². The van der Waals surface area contributed by atoms with Crippen molar-refractivity contribution in [3.63, 3.8) is 0 Å². The van der Waals surface area contributed by atoms with Crippen molar-refractivity contribution in [1.29, 1.82) is 0 Å². The van der Waals surface area contributed by atoms with E-state index in [1.54, 1.807) is 0 Å². The van der Waals surface area contributed by atoms with Gasteiger partial charge in [-0.1, -0.05) is 19.3 Å². The molecule has 1 aliphatic carbocycles. The Morgan fingerprint density at radius 1 is 1.25 bits per heavy atom. The van der Waals surface area contributed by atoms with Gasteiger partial charge in [-0.2, -0.15) is 5.10 Å². The third kappa shape index (κ3) is 3.21. The van der Waals surface area contributed by atoms with E-state index >= 15 is 0 Å². The van der Waals surface area contributed by atoms with Gasteiger partial charge in [0.15, 0.2) is 5.82 Å². The van der Waals surface area contributed by atoms with Gasteiger partial charge in [-0.25, -0.2) is 18.9 Å². The highest BCUT2D eigenvalue weighted by molar-refractivity contribution is 6.10. The predicted molar refractivity (Wildman–Crippen MR) is 96.0 cm³/mol. The number of aromatic nitrogens is 3. The van der Waals surface area contributed by atoms with Crippen molar-refractivity contribution < 1.29 is 18.8 Å². The fourth-order valence-electron chi connectivity index (χ4n) is 3.76. The molecule has 2 fully saturated rings. The lowest BCUT2D eigenvalue weighted by Crippen LogP contribution is -2.48. The molecular formula is C18H19FN6O3. The average molecular weight is 386 g/mol. The van der Waals surface area contributed by atoms with Crippen molar-refractivity contribution in [3.8, 4) is 5.69 Å². The van der Waals surface area contributed by atoms with Crippen molar-refractivity contribution >= 4 is 23.5 Å². The second-order valence-electron chi connectivity index (χ2n) is 7.02. The predicted octanol–water partition coefficient (Wildman–Crippen LogP) is 1.60. The molecule has 0 unspecified atom stereocenters. The van der Waals surface area contributed by atoms with E-state index in [0.29, 0.717) is 12.8 Å². The smallest absolute Gasteiger partial charge is 0.324 e. The van der Waals surface area contributed by atoms with Crippen LogP contribution in [-0.4, -0.2) is 49.6 Å². The minimum atomic E-state index is -0.874. The Kier molecular flexibility index (Phi) is 4.54.